The standard InChI is InChI=1S/C33H30N2O4/c1-3-21-20-35-16-14-24(21)19-30(35)32(28-13-15-34-29-8-6-5-7-27(28)29)39-33(37)25-10-9-23-18-26(38-31(36)4-2)12-11-22(23)17-25/h3-13,15,17-18,21,24,30,32H,1-2,14,16,19-20H2/t21-,24?,30-,32?/m0/s1. The fourth-order valence-corrected chi connectivity index (χ4v) is 6.16. The van der Waals surface area contributed by atoms with Crippen molar-refractivity contribution in [1.82, 2.24) is 9.88 Å². The molecule has 7 rings (SSSR count). The van der Waals surface area contributed by atoms with Crippen molar-refractivity contribution < 1.29 is 19.1 Å². The Morgan fingerprint density at radius 1 is 1.03 bits per heavy atom. The Hall–Kier alpha value is -4.29. The lowest BCUT2D eigenvalue weighted by molar-refractivity contribution is -0.128. The van der Waals surface area contributed by atoms with Crippen LogP contribution < -0.4 is 4.74 Å². The van der Waals surface area contributed by atoms with Gasteiger partial charge in [-0.25, -0.2) is 9.59 Å². The number of pyridine rings is 1. The number of aromatic nitrogens is 1. The van der Waals surface area contributed by atoms with Gasteiger partial charge >= 0.3 is 11.9 Å². The molecule has 6 heteroatoms. The average Bonchev–Trinajstić information content (AvgIpc) is 2.99. The maximum Gasteiger partial charge on any atom is 0.338 e. The molecule has 196 valence electrons. The summed E-state index contributed by atoms with van der Waals surface area (Å²) in [5.74, 6) is 0.545. The summed E-state index contributed by atoms with van der Waals surface area (Å²) in [5.41, 5.74) is 2.34. The number of nitrogens with zero attached hydrogens (tertiary/aromatic N) is 2. The lowest BCUT2D eigenvalue weighted by Gasteiger charge is -2.51. The Balaban J connectivity index is 1.33. The second-order valence-corrected chi connectivity index (χ2v) is 10.3. The summed E-state index contributed by atoms with van der Waals surface area (Å²) in [6.45, 7) is 9.42. The number of rotatable bonds is 7. The Labute approximate surface area is 227 Å². The molecule has 0 N–H and O–H groups in total. The zero-order valence-electron chi connectivity index (χ0n) is 21.7. The second kappa shape index (κ2) is 10.5. The van der Waals surface area contributed by atoms with E-state index in [4.69, 9.17) is 9.47 Å². The predicted molar refractivity (Wildman–Crippen MR) is 151 cm³/mol. The summed E-state index contributed by atoms with van der Waals surface area (Å²) in [7, 11) is 0. The predicted octanol–water partition coefficient (Wildman–Crippen LogP) is 6.27. The SMILES string of the molecule is C=CC(=O)Oc1ccc2cc(C(=O)OC(c3ccnc4ccccc34)[C@@H]3CC4CCN3C[C@@H]4C=C)ccc2c1. The van der Waals surface area contributed by atoms with Crippen molar-refractivity contribution in [3.05, 3.63) is 109 Å². The summed E-state index contributed by atoms with van der Waals surface area (Å²) < 4.78 is 11.6. The van der Waals surface area contributed by atoms with Crippen LogP contribution in [0.4, 0.5) is 0 Å². The molecule has 4 heterocycles. The van der Waals surface area contributed by atoms with Crippen LogP contribution in [0.15, 0.2) is 98.2 Å². The summed E-state index contributed by atoms with van der Waals surface area (Å²) in [6.07, 6.45) is 6.66. The first-order valence-corrected chi connectivity index (χ1v) is 13.3. The van der Waals surface area contributed by atoms with E-state index in [1.165, 1.54) is 0 Å². The first-order chi connectivity index (χ1) is 19.0. The first-order valence-electron chi connectivity index (χ1n) is 13.3. The van der Waals surface area contributed by atoms with Gasteiger partial charge in [-0.3, -0.25) is 9.88 Å². The van der Waals surface area contributed by atoms with Crippen LogP contribution in [-0.2, 0) is 9.53 Å². The fourth-order valence-electron chi connectivity index (χ4n) is 6.16. The summed E-state index contributed by atoms with van der Waals surface area (Å²) >= 11 is 0. The zero-order chi connectivity index (χ0) is 26.9. The molecule has 3 saturated heterocycles. The summed E-state index contributed by atoms with van der Waals surface area (Å²) in [4.78, 5) is 32.2. The number of ether oxygens (including phenoxy) is 2. The van der Waals surface area contributed by atoms with Crippen molar-refractivity contribution in [2.45, 2.75) is 25.0 Å². The van der Waals surface area contributed by atoms with E-state index in [9.17, 15) is 9.59 Å². The Kier molecular flexibility index (Phi) is 6.71. The number of carbonyl (C=O) groups excluding carboxylic acids is 2. The van der Waals surface area contributed by atoms with Gasteiger partial charge in [0.1, 0.15) is 11.9 Å². The molecule has 0 amide bonds. The molecule has 1 aromatic heterocycles. The van der Waals surface area contributed by atoms with E-state index >= 15 is 0 Å². The highest BCUT2D eigenvalue weighted by atomic mass is 16.5. The van der Waals surface area contributed by atoms with Crippen LogP contribution >= 0.6 is 0 Å². The Morgan fingerprint density at radius 3 is 2.64 bits per heavy atom. The average molecular weight is 519 g/mol. The molecule has 0 radical (unpaired) electrons. The molecule has 2 bridgehead atoms. The lowest BCUT2D eigenvalue weighted by Crippen LogP contribution is -2.55. The monoisotopic (exact) mass is 518 g/mol. The first kappa shape index (κ1) is 25.0. The van der Waals surface area contributed by atoms with Gasteiger partial charge in [-0.05, 0) is 78.4 Å². The zero-order valence-corrected chi connectivity index (χ0v) is 21.7. The van der Waals surface area contributed by atoms with E-state index < -0.39 is 12.1 Å². The third kappa shape index (κ3) is 4.84. The Morgan fingerprint density at radius 2 is 1.85 bits per heavy atom. The molecule has 0 spiro atoms. The van der Waals surface area contributed by atoms with Crippen LogP contribution in [0.3, 0.4) is 0 Å². The number of hydrogen-bond acceptors (Lipinski definition) is 6. The lowest BCUT2D eigenvalue weighted by atomic mass is 9.73. The van der Waals surface area contributed by atoms with Gasteiger partial charge in [-0.15, -0.1) is 6.58 Å². The second-order valence-electron chi connectivity index (χ2n) is 10.3. The van der Waals surface area contributed by atoms with Gasteiger partial charge in [-0.1, -0.05) is 43.0 Å². The highest BCUT2D eigenvalue weighted by molar-refractivity contribution is 5.96. The third-order valence-corrected chi connectivity index (χ3v) is 8.16. The van der Waals surface area contributed by atoms with Crippen molar-refractivity contribution in [3.8, 4) is 5.75 Å². The van der Waals surface area contributed by atoms with Crippen LogP contribution in [0.2, 0.25) is 0 Å². The van der Waals surface area contributed by atoms with Gasteiger partial charge in [0.25, 0.3) is 0 Å². The quantitative estimate of drug-likeness (QED) is 0.124. The number of hydrogen-bond donors (Lipinski definition) is 0. The molecule has 3 fully saturated rings. The molecule has 0 aliphatic carbocycles. The minimum absolute atomic E-state index is 0.0808. The van der Waals surface area contributed by atoms with Gasteiger partial charge in [0, 0.05) is 29.8 Å². The molecule has 3 unspecified atom stereocenters. The number of carbonyl (C=O) groups is 2. The molecule has 3 aliphatic rings. The van der Waals surface area contributed by atoms with E-state index in [-0.39, 0.29) is 12.0 Å². The Bertz CT molecular complexity index is 1590. The number of fused-ring (bicyclic) bond motifs is 5. The molecule has 3 aromatic carbocycles. The normalized spacial score (nSPS) is 22.8. The van der Waals surface area contributed by atoms with Crippen molar-refractivity contribution >= 4 is 33.6 Å². The maximum absolute atomic E-state index is 13.7. The molecule has 0 saturated carbocycles. The molecule has 3 aliphatic heterocycles. The van der Waals surface area contributed by atoms with Gasteiger partial charge in [0.05, 0.1) is 17.1 Å². The van der Waals surface area contributed by atoms with Crippen LogP contribution in [0.5, 0.6) is 5.75 Å². The van der Waals surface area contributed by atoms with E-state index in [2.05, 4.69) is 29.1 Å². The van der Waals surface area contributed by atoms with Crippen LogP contribution in [0.1, 0.15) is 34.9 Å². The topological polar surface area (TPSA) is 68.7 Å². The molecule has 4 aromatic rings. The van der Waals surface area contributed by atoms with Crippen LogP contribution in [0, 0.1) is 11.8 Å². The summed E-state index contributed by atoms with van der Waals surface area (Å²) in [6, 6.07) is 20.8. The van der Waals surface area contributed by atoms with Crippen molar-refractivity contribution in [2.24, 2.45) is 11.8 Å². The smallest absolute Gasteiger partial charge is 0.338 e. The number of para-hydroxylation sites is 1. The fraction of sp³-hybridized carbons (Fsp3) is 0.242. The number of benzene rings is 3. The van der Waals surface area contributed by atoms with E-state index in [1.807, 2.05) is 48.5 Å². The highest BCUT2D eigenvalue weighted by Crippen LogP contribution is 2.43. The minimum Gasteiger partial charge on any atom is -0.452 e. The number of esters is 2. The number of piperidine rings is 3. The highest BCUT2D eigenvalue weighted by Gasteiger charge is 2.44. The van der Waals surface area contributed by atoms with Crippen LogP contribution in [0.25, 0.3) is 21.7 Å². The molecule has 39 heavy (non-hydrogen) atoms. The van der Waals surface area contributed by atoms with Crippen molar-refractivity contribution in [1.29, 1.82) is 0 Å². The van der Waals surface area contributed by atoms with Gasteiger partial charge in [-0.2, -0.15) is 0 Å². The summed E-state index contributed by atoms with van der Waals surface area (Å²) in [5, 5.41) is 2.70. The van der Waals surface area contributed by atoms with Gasteiger partial charge < -0.3 is 9.47 Å². The minimum atomic E-state index is -0.518. The molecular weight excluding hydrogens is 488 g/mol. The van der Waals surface area contributed by atoms with Gasteiger partial charge in [0.2, 0.25) is 0 Å². The van der Waals surface area contributed by atoms with Gasteiger partial charge in [0.15, 0.2) is 0 Å². The third-order valence-electron chi connectivity index (χ3n) is 8.16. The van der Waals surface area contributed by atoms with E-state index in [0.717, 1.165) is 59.2 Å². The maximum atomic E-state index is 13.7. The largest absolute Gasteiger partial charge is 0.452 e. The van der Waals surface area contributed by atoms with E-state index in [1.54, 1.807) is 24.4 Å². The molecule has 6 nitrogen and oxygen atoms in total. The molecule has 5 atom stereocenters. The molecular formula is C33H30N2O4. The van der Waals surface area contributed by atoms with Crippen molar-refractivity contribution in [2.75, 3.05) is 13.1 Å². The van der Waals surface area contributed by atoms with Crippen LogP contribution in [-0.4, -0.2) is 41.0 Å². The van der Waals surface area contributed by atoms with Crippen molar-refractivity contribution in [3.63, 3.8) is 0 Å². The van der Waals surface area contributed by atoms with E-state index in [0.29, 0.717) is 23.1 Å².